The lowest BCUT2D eigenvalue weighted by Crippen LogP contribution is -2.32. The number of piperidine rings is 1. The van der Waals surface area contributed by atoms with Crippen molar-refractivity contribution in [3.05, 3.63) is 95.7 Å². The second kappa shape index (κ2) is 9.18. The number of benzene rings is 3. The number of aryl methyl sites for hydroxylation is 1. The fourth-order valence-corrected chi connectivity index (χ4v) is 4.61. The lowest BCUT2D eigenvalue weighted by Gasteiger charge is -2.32. The van der Waals surface area contributed by atoms with Crippen LogP contribution in [0.2, 0.25) is 0 Å². The lowest BCUT2D eigenvalue weighted by atomic mass is 9.99. The summed E-state index contributed by atoms with van der Waals surface area (Å²) in [7, 11) is 0. The second-order valence-electron chi connectivity index (χ2n) is 9.24. The van der Waals surface area contributed by atoms with Crippen LogP contribution in [0, 0.1) is 12.8 Å². The van der Waals surface area contributed by atoms with Crippen molar-refractivity contribution in [2.45, 2.75) is 26.7 Å². The number of carbonyl (C=O) groups excluding carboxylic acids is 2. The summed E-state index contributed by atoms with van der Waals surface area (Å²) in [6, 6.07) is 24.9. The maximum absolute atomic E-state index is 13.5. The maximum Gasteiger partial charge on any atom is 0.282 e. The van der Waals surface area contributed by atoms with Crippen molar-refractivity contribution in [1.82, 2.24) is 0 Å². The number of carbonyl (C=O) groups is 2. The first-order valence-corrected chi connectivity index (χ1v) is 11.9. The average Bonchev–Trinajstić information content (AvgIpc) is 3.10. The van der Waals surface area contributed by atoms with Gasteiger partial charge in [0.2, 0.25) is 0 Å². The van der Waals surface area contributed by atoms with E-state index in [4.69, 9.17) is 0 Å². The van der Waals surface area contributed by atoms with Crippen LogP contribution in [0.3, 0.4) is 0 Å². The number of hydrogen-bond acceptors (Lipinski definition) is 4. The Balaban J connectivity index is 1.46. The van der Waals surface area contributed by atoms with Gasteiger partial charge in [-0.3, -0.25) is 9.59 Å². The predicted molar refractivity (Wildman–Crippen MR) is 138 cm³/mol. The van der Waals surface area contributed by atoms with Gasteiger partial charge in [0, 0.05) is 24.5 Å². The van der Waals surface area contributed by atoms with Gasteiger partial charge in [0.15, 0.2) is 0 Å². The Morgan fingerprint density at radius 1 is 0.765 bits per heavy atom. The molecular formula is C29H29N3O2. The summed E-state index contributed by atoms with van der Waals surface area (Å²) in [5.74, 6) is 0.117. The van der Waals surface area contributed by atoms with E-state index in [9.17, 15) is 9.59 Å². The molecule has 0 atom stereocenters. The molecule has 0 radical (unpaired) electrons. The predicted octanol–water partition coefficient (Wildman–Crippen LogP) is 5.63. The highest BCUT2D eigenvalue weighted by Crippen LogP contribution is 2.34. The Labute approximate surface area is 200 Å². The summed E-state index contributed by atoms with van der Waals surface area (Å²) in [4.78, 5) is 30.7. The van der Waals surface area contributed by atoms with Gasteiger partial charge in [0.25, 0.3) is 11.8 Å². The van der Waals surface area contributed by atoms with Crippen LogP contribution in [-0.4, -0.2) is 24.9 Å². The molecule has 3 aromatic rings. The highest BCUT2D eigenvalue weighted by atomic mass is 16.2. The molecule has 1 N–H and O–H groups in total. The van der Waals surface area contributed by atoms with Crippen LogP contribution in [0.15, 0.2) is 84.6 Å². The van der Waals surface area contributed by atoms with E-state index in [2.05, 4.69) is 29.3 Å². The van der Waals surface area contributed by atoms with E-state index in [1.807, 2.05) is 73.7 Å². The topological polar surface area (TPSA) is 52.7 Å². The van der Waals surface area contributed by atoms with Gasteiger partial charge < -0.3 is 10.2 Å². The van der Waals surface area contributed by atoms with Gasteiger partial charge in [0.1, 0.15) is 5.70 Å². The van der Waals surface area contributed by atoms with E-state index in [1.165, 1.54) is 23.4 Å². The summed E-state index contributed by atoms with van der Waals surface area (Å²) in [5, 5.41) is 3.27. The molecule has 2 aliphatic rings. The molecule has 2 amide bonds. The summed E-state index contributed by atoms with van der Waals surface area (Å²) >= 11 is 0. The molecule has 3 aromatic carbocycles. The number of amides is 2. The molecule has 34 heavy (non-hydrogen) atoms. The van der Waals surface area contributed by atoms with Crippen LogP contribution in [0.5, 0.6) is 0 Å². The summed E-state index contributed by atoms with van der Waals surface area (Å²) < 4.78 is 0. The van der Waals surface area contributed by atoms with Crippen molar-refractivity contribution in [2.75, 3.05) is 28.2 Å². The minimum atomic E-state index is -0.346. The normalized spacial score (nSPS) is 17.0. The number of hydrogen-bond donors (Lipinski definition) is 1. The first kappa shape index (κ1) is 22.0. The zero-order valence-electron chi connectivity index (χ0n) is 19.6. The van der Waals surface area contributed by atoms with Gasteiger partial charge in [-0.05, 0) is 67.6 Å². The Morgan fingerprint density at radius 3 is 2.03 bits per heavy atom. The summed E-state index contributed by atoms with van der Waals surface area (Å²) in [6.45, 7) is 6.42. The molecule has 0 spiro atoms. The van der Waals surface area contributed by atoms with Crippen molar-refractivity contribution in [3.63, 3.8) is 0 Å². The largest absolute Gasteiger partial charge is 0.372 e. The molecule has 5 rings (SSSR count). The first-order valence-electron chi connectivity index (χ1n) is 11.9. The Morgan fingerprint density at radius 2 is 1.38 bits per heavy atom. The van der Waals surface area contributed by atoms with Gasteiger partial charge in [-0.2, -0.15) is 0 Å². The van der Waals surface area contributed by atoms with E-state index in [1.54, 1.807) is 0 Å². The summed E-state index contributed by atoms with van der Waals surface area (Å²) in [5.41, 5.74) is 5.02. The molecule has 1 saturated heterocycles. The molecule has 2 heterocycles. The molecule has 0 aromatic heterocycles. The van der Waals surface area contributed by atoms with Crippen molar-refractivity contribution >= 4 is 34.4 Å². The Bertz CT molecular complexity index is 1220. The molecule has 1 fully saturated rings. The van der Waals surface area contributed by atoms with E-state index >= 15 is 0 Å². The number of nitrogens with one attached hydrogen (secondary N) is 1. The quantitative estimate of drug-likeness (QED) is 0.511. The van der Waals surface area contributed by atoms with Crippen LogP contribution in [-0.2, 0) is 9.59 Å². The van der Waals surface area contributed by atoms with Crippen molar-refractivity contribution in [2.24, 2.45) is 5.92 Å². The fourth-order valence-electron chi connectivity index (χ4n) is 4.61. The number of anilines is 3. The molecule has 2 aliphatic heterocycles. The van der Waals surface area contributed by atoms with Gasteiger partial charge in [-0.25, -0.2) is 4.90 Å². The zero-order valence-corrected chi connectivity index (χ0v) is 19.6. The number of rotatable bonds is 5. The second-order valence-corrected chi connectivity index (χ2v) is 9.24. The van der Waals surface area contributed by atoms with Gasteiger partial charge in [0.05, 0.1) is 11.3 Å². The standard InChI is InChI=1S/C29H29N3O2/c1-20-8-12-25(13-9-20)32-28(33)26(22-6-4-3-5-7-22)27(29(32)34)30-23-10-14-24(15-11-23)31-18-16-21(2)17-19-31/h3-15,21,30H,16-19H2,1-2H3. The van der Waals surface area contributed by atoms with E-state index in [0.29, 0.717) is 17.0 Å². The smallest absolute Gasteiger partial charge is 0.282 e. The van der Waals surface area contributed by atoms with Crippen LogP contribution >= 0.6 is 0 Å². The van der Waals surface area contributed by atoms with E-state index < -0.39 is 0 Å². The van der Waals surface area contributed by atoms with Crippen LogP contribution in [0.25, 0.3) is 5.57 Å². The maximum atomic E-state index is 13.5. The van der Waals surface area contributed by atoms with Gasteiger partial charge in [-0.15, -0.1) is 0 Å². The SMILES string of the molecule is Cc1ccc(N2C(=O)C(Nc3ccc(N4CCC(C)CC4)cc3)=C(c3ccccc3)C2=O)cc1. The van der Waals surface area contributed by atoms with Gasteiger partial charge in [-0.1, -0.05) is 55.0 Å². The first-order chi connectivity index (χ1) is 16.5. The molecule has 0 bridgehead atoms. The molecule has 0 aliphatic carbocycles. The summed E-state index contributed by atoms with van der Waals surface area (Å²) in [6.07, 6.45) is 2.41. The molecule has 0 unspecified atom stereocenters. The molecular weight excluding hydrogens is 422 g/mol. The monoisotopic (exact) mass is 451 g/mol. The lowest BCUT2D eigenvalue weighted by molar-refractivity contribution is -0.120. The Kier molecular flexibility index (Phi) is 5.93. The average molecular weight is 452 g/mol. The third-order valence-electron chi connectivity index (χ3n) is 6.72. The molecule has 5 nitrogen and oxygen atoms in total. The zero-order chi connectivity index (χ0) is 23.7. The van der Waals surface area contributed by atoms with Crippen molar-refractivity contribution in [3.8, 4) is 0 Å². The molecule has 172 valence electrons. The third-order valence-corrected chi connectivity index (χ3v) is 6.72. The van der Waals surface area contributed by atoms with Crippen LogP contribution < -0.4 is 15.1 Å². The highest BCUT2D eigenvalue weighted by molar-refractivity contribution is 6.46. The molecule has 5 heteroatoms. The van der Waals surface area contributed by atoms with E-state index in [-0.39, 0.29) is 11.8 Å². The van der Waals surface area contributed by atoms with E-state index in [0.717, 1.165) is 35.8 Å². The molecule has 0 saturated carbocycles. The Hall–Kier alpha value is -3.86. The van der Waals surface area contributed by atoms with Crippen LogP contribution in [0.1, 0.15) is 30.9 Å². The van der Waals surface area contributed by atoms with Gasteiger partial charge >= 0.3 is 0 Å². The third kappa shape index (κ3) is 4.21. The van der Waals surface area contributed by atoms with Crippen molar-refractivity contribution < 1.29 is 9.59 Å². The minimum Gasteiger partial charge on any atom is -0.372 e. The highest BCUT2D eigenvalue weighted by Gasteiger charge is 2.40. The fraction of sp³-hybridized carbons (Fsp3) is 0.241. The van der Waals surface area contributed by atoms with Crippen LogP contribution in [0.4, 0.5) is 17.1 Å². The van der Waals surface area contributed by atoms with Crippen molar-refractivity contribution in [1.29, 1.82) is 0 Å². The number of imide groups is 1. The minimum absolute atomic E-state index is 0.302. The number of nitrogens with zero attached hydrogens (tertiary/aromatic N) is 2.